The maximum Gasteiger partial charge on any atom is 0.240 e. The molecule has 0 aromatic heterocycles. The first kappa shape index (κ1) is 26.9. The van der Waals surface area contributed by atoms with Gasteiger partial charge in [0.1, 0.15) is 35.9 Å². The van der Waals surface area contributed by atoms with Crippen molar-refractivity contribution >= 4 is 34.8 Å². The molecule has 1 aliphatic carbocycles. The van der Waals surface area contributed by atoms with Crippen molar-refractivity contribution in [1.29, 1.82) is 0 Å². The van der Waals surface area contributed by atoms with Crippen molar-refractivity contribution in [3.63, 3.8) is 0 Å². The van der Waals surface area contributed by atoms with E-state index in [2.05, 4.69) is 41.0 Å². The van der Waals surface area contributed by atoms with E-state index >= 15 is 0 Å². The molecule has 10 atom stereocenters. The molecule has 0 bridgehead atoms. The van der Waals surface area contributed by atoms with Gasteiger partial charge in [0, 0.05) is 12.5 Å². The number of rotatable bonds is 6. The number of halogens is 1. The SMILES string of the molecule is CSC1OC(C(NC(=O)C2NCC3C=C(c4ccc(C)cc4)CCC32O)C(C)Cl)C(O)C(O)C1O. The number of allylic oxidation sites excluding steroid dienone is 1. The van der Waals surface area contributed by atoms with Crippen LogP contribution in [0.2, 0.25) is 0 Å². The van der Waals surface area contributed by atoms with Crippen molar-refractivity contribution < 1.29 is 30.0 Å². The highest BCUT2D eigenvalue weighted by atomic mass is 35.5. The van der Waals surface area contributed by atoms with E-state index in [1.807, 2.05) is 6.92 Å². The number of ether oxygens (including phenoxy) is 1. The zero-order chi connectivity index (χ0) is 25.5. The molecular weight excluding hydrogens is 492 g/mol. The molecule has 1 aromatic rings. The predicted octanol–water partition coefficient (Wildman–Crippen LogP) is 0.774. The van der Waals surface area contributed by atoms with Crippen LogP contribution in [0.25, 0.3) is 5.57 Å². The number of aliphatic hydroxyl groups is 4. The van der Waals surface area contributed by atoms with Crippen LogP contribution < -0.4 is 10.6 Å². The fraction of sp³-hybridized carbons (Fsp3) is 0.640. The summed E-state index contributed by atoms with van der Waals surface area (Å²) in [6.45, 7) is 4.15. The molecule has 2 saturated heterocycles. The van der Waals surface area contributed by atoms with Crippen LogP contribution in [0, 0.1) is 12.8 Å². The van der Waals surface area contributed by atoms with E-state index in [-0.39, 0.29) is 5.92 Å². The second-order valence-corrected chi connectivity index (χ2v) is 11.5. The van der Waals surface area contributed by atoms with E-state index in [1.54, 1.807) is 13.2 Å². The average molecular weight is 527 g/mol. The second kappa shape index (κ2) is 10.7. The Kier molecular flexibility index (Phi) is 8.20. The van der Waals surface area contributed by atoms with Gasteiger partial charge >= 0.3 is 0 Å². The quantitative estimate of drug-likeness (QED) is 0.300. The number of fused-ring (bicyclic) bond motifs is 1. The molecule has 2 aliphatic heterocycles. The second-order valence-electron chi connectivity index (χ2n) is 9.89. The molecule has 0 saturated carbocycles. The summed E-state index contributed by atoms with van der Waals surface area (Å²) < 4.78 is 5.83. The van der Waals surface area contributed by atoms with Crippen molar-refractivity contribution in [2.24, 2.45) is 5.92 Å². The maximum absolute atomic E-state index is 13.4. The Labute approximate surface area is 215 Å². The van der Waals surface area contributed by atoms with E-state index in [0.29, 0.717) is 19.4 Å². The van der Waals surface area contributed by atoms with Gasteiger partial charge in [-0.05, 0) is 44.1 Å². The standard InChI is InChI=1S/C25H35ClN2O6S/c1-12-4-6-14(7-5-12)15-8-9-25(33)16(10-15)11-27-22(25)23(32)28-17(13(2)26)21-19(30)18(29)20(31)24(34-21)35-3/h4-7,10,13,16-22,24,27,29-31,33H,8-9,11H2,1-3H3,(H,28,32). The lowest BCUT2D eigenvalue weighted by molar-refractivity contribution is -0.205. The Morgan fingerprint density at radius 3 is 2.54 bits per heavy atom. The lowest BCUT2D eigenvalue weighted by Gasteiger charge is -2.44. The van der Waals surface area contributed by atoms with Crippen LogP contribution in [0.4, 0.5) is 0 Å². The van der Waals surface area contributed by atoms with Crippen LogP contribution in [-0.4, -0.2) is 92.0 Å². The van der Waals surface area contributed by atoms with Crippen LogP contribution in [-0.2, 0) is 9.53 Å². The molecule has 35 heavy (non-hydrogen) atoms. The van der Waals surface area contributed by atoms with E-state index < -0.39 is 58.8 Å². The van der Waals surface area contributed by atoms with Crippen molar-refractivity contribution in [2.75, 3.05) is 12.8 Å². The maximum atomic E-state index is 13.4. The van der Waals surface area contributed by atoms with Crippen molar-refractivity contribution in [2.45, 2.75) is 79.6 Å². The number of benzene rings is 1. The van der Waals surface area contributed by atoms with Crippen LogP contribution in [0.3, 0.4) is 0 Å². The minimum Gasteiger partial charge on any atom is -0.388 e. The van der Waals surface area contributed by atoms with Crippen molar-refractivity contribution in [1.82, 2.24) is 10.6 Å². The number of aryl methyl sites for hydroxylation is 1. The third kappa shape index (κ3) is 5.15. The molecule has 194 valence electrons. The zero-order valence-electron chi connectivity index (χ0n) is 20.1. The minimum absolute atomic E-state index is 0.232. The summed E-state index contributed by atoms with van der Waals surface area (Å²) in [5.74, 6) is -0.679. The number of hydrogen-bond donors (Lipinski definition) is 6. The Morgan fingerprint density at radius 2 is 1.91 bits per heavy atom. The first-order valence-corrected chi connectivity index (χ1v) is 13.7. The third-order valence-corrected chi connectivity index (χ3v) is 8.69. The Balaban J connectivity index is 1.50. The van der Waals surface area contributed by atoms with Gasteiger partial charge in [-0.25, -0.2) is 0 Å². The average Bonchev–Trinajstić information content (AvgIpc) is 3.18. The molecule has 4 rings (SSSR count). The normalized spacial score (nSPS) is 38.9. The number of hydrogen-bond acceptors (Lipinski definition) is 8. The van der Waals surface area contributed by atoms with Gasteiger partial charge in [-0.2, -0.15) is 0 Å². The number of carbonyl (C=O) groups excluding carboxylic acids is 1. The van der Waals surface area contributed by atoms with Gasteiger partial charge < -0.3 is 35.8 Å². The number of amides is 1. The van der Waals surface area contributed by atoms with E-state index in [0.717, 1.165) is 11.1 Å². The molecule has 2 heterocycles. The highest BCUT2D eigenvalue weighted by Gasteiger charge is 2.54. The Morgan fingerprint density at radius 1 is 1.23 bits per heavy atom. The van der Waals surface area contributed by atoms with Gasteiger partial charge in [-0.15, -0.1) is 23.4 Å². The Bertz CT molecular complexity index is 944. The molecule has 2 fully saturated rings. The van der Waals surface area contributed by atoms with Gasteiger partial charge in [-0.3, -0.25) is 4.79 Å². The highest BCUT2D eigenvalue weighted by Crippen LogP contribution is 2.42. The summed E-state index contributed by atoms with van der Waals surface area (Å²) in [6, 6.07) is 6.55. The van der Waals surface area contributed by atoms with E-state index in [1.165, 1.54) is 17.3 Å². The van der Waals surface area contributed by atoms with Crippen LogP contribution in [0.5, 0.6) is 0 Å². The first-order valence-electron chi connectivity index (χ1n) is 12.0. The first-order chi connectivity index (χ1) is 16.6. The monoisotopic (exact) mass is 526 g/mol. The number of carbonyl (C=O) groups is 1. The summed E-state index contributed by atoms with van der Waals surface area (Å²) in [6.07, 6.45) is -0.351. The molecule has 10 heteroatoms. The number of thioether (sulfide) groups is 1. The zero-order valence-corrected chi connectivity index (χ0v) is 21.7. The van der Waals surface area contributed by atoms with E-state index in [9.17, 15) is 25.2 Å². The smallest absolute Gasteiger partial charge is 0.240 e. The van der Waals surface area contributed by atoms with E-state index in [4.69, 9.17) is 16.3 Å². The molecule has 0 radical (unpaired) electrons. The molecule has 6 N–H and O–H groups in total. The lowest BCUT2D eigenvalue weighted by Crippen LogP contribution is -2.66. The summed E-state index contributed by atoms with van der Waals surface area (Å²) in [4.78, 5) is 13.4. The summed E-state index contributed by atoms with van der Waals surface area (Å²) >= 11 is 7.58. The summed E-state index contributed by atoms with van der Waals surface area (Å²) in [5, 5.41) is 48.0. The molecule has 3 aliphatic rings. The van der Waals surface area contributed by atoms with Crippen LogP contribution >= 0.6 is 23.4 Å². The fourth-order valence-electron chi connectivity index (χ4n) is 5.41. The van der Waals surface area contributed by atoms with Gasteiger partial charge in [0.25, 0.3) is 0 Å². The molecule has 0 spiro atoms. The van der Waals surface area contributed by atoms with Gasteiger partial charge in [0.2, 0.25) is 5.91 Å². The third-order valence-electron chi connectivity index (χ3n) is 7.56. The molecular formula is C25H35ClN2O6S. The predicted molar refractivity (Wildman–Crippen MR) is 136 cm³/mol. The van der Waals surface area contributed by atoms with Crippen molar-refractivity contribution in [3.05, 3.63) is 41.5 Å². The Hall–Kier alpha value is -1.17. The lowest BCUT2D eigenvalue weighted by atomic mass is 9.74. The molecule has 1 amide bonds. The molecule has 8 nitrogen and oxygen atoms in total. The summed E-state index contributed by atoms with van der Waals surface area (Å²) in [5.41, 5.74) is 1.41. The molecule has 1 aromatic carbocycles. The van der Waals surface area contributed by atoms with Gasteiger partial charge in [-0.1, -0.05) is 35.9 Å². The van der Waals surface area contributed by atoms with Gasteiger partial charge in [0.15, 0.2) is 0 Å². The number of nitrogens with one attached hydrogen (secondary N) is 2. The van der Waals surface area contributed by atoms with Gasteiger partial charge in [0.05, 0.1) is 17.0 Å². The highest BCUT2D eigenvalue weighted by molar-refractivity contribution is 7.99. The number of aliphatic hydroxyl groups excluding tert-OH is 3. The number of alkyl halides is 1. The van der Waals surface area contributed by atoms with Crippen molar-refractivity contribution in [3.8, 4) is 0 Å². The minimum atomic E-state index is -1.44. The summed E-state index contributed by atoms with van der Waals surface area (Å²) in [7, 11) is 0. The molecule has 10 unspecified atom stereocenters. The fourth-order valence-corrected chi connectivity index (χ4v) is 6.29. The topological polar surface area (TPSA) is 131 Å². The largest absolute Gasteiger partial charge is 0.388 e. The van der Waals surface area contributed by atoms with Crippen LogP contribution in [0.1, 0.15) is 30.9 Å². The van der Waals surface area contributed by atoms with Crippen LogP contribution in [0.15, 0.2) is 30.3 Å².